The summed E-state index contributed by atoms with van der Waals surface area (Å²) in [5.74, 6) is 1.56. The molecule has 0 spiro atoms. The van der Waals surface area contributed by atoms with Gasteiger partial charge in [0.15, 0.2) is 0 Å². The molecule has 0 radical (unpaired) electrons. The van der Waals surface area contributed by atoms with Gasteiger partial charge in [0.1, 0.15) is 18.0 Å². The molecule has 26 heavy (non-hydrogen) atoms. The van der Waals surface area contributed by atoms with Gasteiger partial charge in [0, 0.05) is 6.07 Å². The van der Waals surface area contributed by atoms with Crippen LogP contribution in [0.5, 0.6) is 0 Å². The van der Waals surface area contributed by atoms with Crippen LogP contribution in [-0.4, -0.2) is 31.2 Å². The molecule has 0 bridgehead atoms. The van der Waals surface area contributed by atoms with E-state index in [0.717, 1.165) is 16.6 Å². The molecule has 1 atom stereocenters. The molecule has 0 saturated carbocycles. The molecule has 7 nitrogen and oxygen atoms in total. The molecule has 4 aromatic rings. The van der Waals surface area contributed by atoms with Gasteiger partial charge in [-0.25, -0.2) is 15.0 Å². The van der Waals surface area contributed by atoms with Crippen molar-refractivity contribution < 1.29 is 5.11 Å². The van der Waals surface area contributed by atoms with E-state index in [0.29, 0.717) is 17.6 Å². The van der Waals surface area contributed by atoms with E-state index in [1.165, 1.54) is 6.33 Å². The lowest BCUT2D eigenvalue weighted by Crippen LogP contribution is -2.16. The van der Waals surface area contributed by atoms with Crippen LogP contribution >= 0.6 is 0 Å². The molecular weight excluding hydrogens is 328 g/mol. The van der Waals surface area contributed by atoms with E-state index in [4.69, 9.17) is 5.73 Å². The minimum atomic E-state index is -0.268. The number of anilines is 2. The first-order valence-electron chi connectivity index (χ1n) is 8.24. The number of fused-ring (bicyclic) bond motifs is 1. The topological polar surface area (TPSA) is 102 Å². The lowest BCUT2D eigenvalue weighted by molar-refractivity contribution is 0.276. The molecule has 0 aliphatic heterocycles. The second kappa shape index (κ2) is 6.81. The molecule has 7 heteroatoms. The predicted molar refractivity (Wildman–Crippen MR) is 101 cm³/mol. The van der Waals surface area contributed by atoms with E-state index in [1.807, 2.05) is 54.6 Å². The van der Waals surface area contributed by atoms with Gasteiger partial charge in [0.2, 0.25) is 5.95 Å². The Morgan fingerprint density at radius 2 is 1.81 bits per heavy atom. The van der Waals surface area contributed by atoms with Crippen LogP contribution in [0.15, 0.2) is 67.0 Å². The second-order valence-electron chi connectivity index (χ2n) is 5.85. The van der Waals surface area contributed by atoms with Crippen LogP contribution < -0.4 is 11.1 Å². The van der Waals surface area contributed by atoms with Crippen molar-refractivity contribution in [1.82, 2.24) is 19.5 Å². The van der Waals surface area contributed by atoms with Crippen LogP contribution in [0, 0.1) is 0 Å². The van der Waals surface area contributed by atoms with Crippen LogP contribution in [0.25, 0.3) is 16.9 Å². The predicted octanol–water partition coefficient (Wildman–Crippen LogP) is 2.54. The van der Waals surface area contributed by atoms with Gasteiger partial charge in [-0.2, -0.15) is 0 Å². The van der Waals surface area contributed by atoms with Gasteiger partial charge < -0.3 is 16.2 Å². The van der Waals surface area contributed by atoms with Crippen molar-refractivity contribution >= 4 is 22.8 Å². The minimum absolute atomic E-state index is 0.0561. The number of imidazole rings is 1. The Bertz CT molecular complexity index is 1030. The van der Waals surface area contributed by atoms with Gasteiger partial charge >= 0.3 is 0 Å². The molecular formula is C19H18N6O. The van der Waals surface area contributed by atoms with Crippen LogP contribution in [0.4, 0.5) is 11.8 Å². The zero-order chi connectivity index (χ0) is 17.9. The number of hydrogen-bond donors (Lipinski definition) is 3. The number of aliphatic hydroxyl groups is 1. The average Bonchev–Trinajstić information content (AvgIpc) is 3.02. The monoisotopic (exact) mass is 346 g/mol. The summed E-state index contributed by atoms with van der Waals surface area (Å²) in [6.45, 7) is -0.0561. The molecule has 0 unspecified atom stereocenters. The van der Waals surface area contributed by atoms with E-state index in [9.17, 15) is 5.11 Å². The van der Waals surface area contributed by atoms with Gasteiger partial charge in [-0.1, -0.05) is 42.5 Å². The van der Waals surface area contributed by atoms with Crippen LogP contribution in [-0.2, 0) is 0 Å². The first kappa shape index (κ1) is 16.0. The van der Waals surface area contributed by atoms with Gasteiger partial charge in [0.25, 0.3) is 0 Å². The molecule has 130 valence electrons. The van der Waals surface area contributed by atoms with Crippen LogP contribution in [0.3, 0.4) is 0 Å². The first-order chi connectivity index (χ1) is 12.8. The number of hydrogen-bond acceptors (Lipinski definition) is 6. The Morgan fingerprint density at radius 3 is 2.62 bits per heavy atom. The maximum absolute atomic E-state index is 9.74. The van der Waals surface area contributed by atoms with E-state index < -0.39 is 0 Å². The first-order valence-corrected chi connectivity index (χ1v) is 8.24. The van der Waals surface area contributed by atoms with Crippen molar-refractivity contribution in [3.8, 4) is 5.82 Å². The number of aliphatic hydroxyl groups excluding tert-OH is 1. The number of nitrogens with zero attached hydrogens (tertiary/aromatic N) is 4. The summed E-state index contributed by atoms with van der Waals surface area (Å²) in [5, 5.41) is 13.0. The fraction of sp³-hybridized carbons (Fsp3) is 0.105. The number of rotatable bonds is 5. The maximum atomic E-state index is 9.74. The number of aromatic nitrogens is 4. The number of para-hydroxylation sites is 2. The van der Waals surface area contributed by atoms with Crippen LogP contribution in [0.2, 0.25) is 0 Å². The highest BCUT2D eigenvalue weighted by atomic mass is 16.3. The number of nitrogens with one attached hydrogen (secondary N) is 1. The van der Waals surface area contributed by atoms with Crippen molar-refractivity contribution in [3.05, 3.63) is 72.6 Å². The number of nitrogen functional groups attached to an aromatic ring is 1. The standard InChI is InChI=1S/C19H18N6O/c20-19-24-14-8-4-5-9-16(14)25(19)18-10-17(21-12-22-18)23-15(11-26)13-6-2-1-3-7-13/h1-10,12,15,26H,11H2,(H2,20,24)(H,21,22,23)/t15-/m0/s1. The SMILES string of the molecule is Nc1nc2ccccc2n1-c1cc(N[C@@H](CO)c2ccccc2)ncn1. The summed E-state index contributed by atoms with van der Waals surface area (Å²) >= 11 is 0. The number of benzene rings is 2. The third-order valence-electron chi connectivity index (χ3n) is 4.18. The van der Waals surface area contributed by atoms with E-state index in [2.05, 4.69) is 20.3 Å². The van der Waals surface area contributed by atoms with Gasteiger partial charge in [-0.15, -0.1) is 0 Å². The molecule has 0 amide bonds. The van der Waals surface area contributed by atoms with Gasteiger partial charge in [0.05, 0.1) is 23.7 Å². The molecule has 0 fully saturated rings. The highest BCUT2D eigenvalue weighted by Crippen LogP contribution is 2.24. The fourth-order valence-electron chi connectivity index (χ4n) is 2.93. The minimum Gasteiger partial charge on any atom is -0.394 e. The van der Waals surface area contributed by atoms with Crippen LogP contribution in [0.1, 0.15) is 11.6 Å². The highest BCUT2D eigenvalue weighted by molar-refractivity contribution is 5.80. The maximum Gasteiger partial charge on any atom is 0.207 e. The summed E-state index contributed by atoms with van der Waals surface area (Å²) in [7, 11) is 0. The Kier molecular flexibility index (Phi) is 4.20. The summed E-state index contributed by atoms with van der Waals surface area (Å²) in [5.41, 5.74) is 8.73. The average molecular weight is 346 g/mol. The van der Waals surface area contributed by atoms with Gasteiger partial charge in [-0.05, 0) is 17.7 Å². The zero-order valence-electron chi connectivity index (χ0n) is 13.9. The lowest BCUT2D eigenvalue weighted by Gasteiger charge is -2.17. The second-order valence-corrected chi connectivity index (χ2v) is 5.85. The molecule has 4 rings (SSSR count). The van der Waals surface area contributed by atoms with E-state index in [-0.39, 0.29) is 12.6 Å². The summed E-state index contributed by atoms with van der Waals surface area (Å²) in [6, 6.07) is 18.9. The molecule has 4 N–H and O–H groups in total. The summed E-state index contributed by atoms with van der Waals surface area (Å²) in [6.07, 6.45) is 1.46. The molecule has 0 saturated heterocycles. The molecule has 2 aromatic carbocycles. The van der Waals surface area contributed by atoms with Crippen molar-refractivity contribution in [2.75, 3.05) is 17.7 Å². The normalized spacial score (nSPS) is 12.2. The lowest BCUT2D eigenvalue weighted by atomic mass is 10.1. The van der Waals surface area contributed by atoms with E-state index in [1.54, 1.807) is 10.6 Å². The zero-order valence-corrected chi connectivity index (χ0v) is 13.9. The van der Waals surface area contributed by atoms with E-state index >= 15 is 0 Å². The quantitative estimate of drug-likeness (QED) is 0.513. The highest BCUT2D eigenvalue weighted by Gasteiger charge is 2.14. The third kappa shape index (κ3) is 2.96. The smallest absolute Gasteiger partial charge is 0.207 e. The Labute approximate surface area is 150 Å². The number of nitrogens with two attached hydrogens (primary N) is 1. The molecule has 2 heterocycles. The Morgan fingerprint density at radius 1 is 1.04 bits per heavy atom. The van der Waals surface area contributed by atoms with Crippen molar-refractivity contribution in [3.63, 3.8) is 0 Å². The summed E-state index contributed by atoms with van der Waals surface area (Å²) < 4.78 is 1.78. The molecule has 0 aliphatic carbocycles. The fourth-order valence-corrected chi connectivity index (χ4v) is 2.93. The summed E-state index contributed by atoms with van der Waals surface area (Å²) in [4.78, 5) is 13.0. The largest absolute Gasteiger partial charge is 0.394 e. The Hall–Kier alpha value is -3.45. The van der Waals surface area contributed by atoms with Crippen molar-refractivity contribution in [1.29, 1.82) is 0 Å². The van der Waals surface area contributed by atoms with Crippen molar-refractivity contribution in [2.45, 2.75) is 6.04 Å². The van der Waals surface area contributed by atoms with Gasteiger partial charge in [-0.3, -0.25) is 4.57 Å². The molecule has 2 aromatic heterocycles. The molecule has 0 aliphatic rings. The van der Waals surface area contributed by atoms with Crippen molar-refractivity contribution in [2.24, 2.45) is 0 Å². The third-order valence-corrected chi connectivity index (χ3v) is 4.18. The Balaban J connectivity index is 1.69.